The maximum atomic E-state index is 13.1. The molecular formula is C17H11F3N2O3. The zero-order valence-corrected chi connectivity index (χ0v) is 12.9. The van der Waals surface area contributed by atoms with Crippen molar-refractivity contribution in [1.29, 1.82) is 0 Å². The fourth-order valence-corrected chi connectivity index (χ4v) is 2.63. The normalized spacial score (nSPS) is 13.8. The first kappa shape index (κ1) is 16.7. The minimum Gasteiger partial charge on any atom is -0.267 e. The molecule has 0 unspecified atom stereocenters. The summed E-state index contributed by atoms with van der Waals surface area (Å²) in [6.07, 6.45) is -4.74. The van der Waals surface area contributed by atoms with Gasteiger partial charge in [-0.3, -0.25) is 14.4 Å². The van der Waals surface area contributed by atoms with Crippen LogP contribution in [0.4, 0.5) is 13.2 Å². The second-order valence-corrected chi connectivity index (χ2v) is 5.34. The van der Waals surface area contributed by atoms with E-state index in [4.69, 9.17) is 0 Å². The van der Waals surface area contributed by atoms with Crippen LogP contribution in [0.15, 0.2) is 48.5 Å². The fraction of sp³-hybridized carbons (Fsp3) is 0.118. The highest BCUT2D eigenvalue weighted by molar-refractivity contribution is 6.22. The van der Waals surface area contributed by atoms with Crippen molar-refractivity contribution in [3.8, 4) is 0 Å². The van der Waals surface area contributed by atoms with E-state index in [1.54, 1.807) is 12.1 Å². The minimum absolute atomic E-state index is 0.0938. The van der Waals surface area contributed by atoms with Crippen molar-refractivity contribution in [1.82, 2.24) is 10.0 Å². The molecule has 2 aromatic rings. The van der Waals surface area contributed by atoms with Crippen LogP contribution in [0.3, 0.4) is 0 Å². The first-order valence-corrected chi connectivity index (χ1v) is 7.15. The van der Waals surface area contributed by atoms with Crippen LogP contribution in [0.25, 0.3) is 0 Å². The van der Waals surface area contributed by atoms with Crippen molar-refractivity contribution < 1.29 is 27.6 Å². The van der Waals surface area contributed by atoms with Crippen LogP contribution in [0.2, 0.25) is 0 Å². The van der Waals surface area contributed by atoms with Crippen molar-refractivity contribution in [2.45, 2.75) is 6.18 Å². The molecule has 0 bridgehead atoms. The lowest BCUT2D eigenvalue weighted by molar-refractivity contribution is -0.138. The van der Waals surface area contributed by atoms with Crippen molar-refractivity contribution in [3.05, 3.63) is 70.8 Å². The Kier molecular flexibility index (Phi) is 3.82. The van der Waals surface area contributed by atoms with Gasteiger partial charge in [0, 0.05) is 7.05 Å². The van der Waals surface area contributed by atoms with E-state index in [-0.39, 0.29) is 11.1 Å². The van der Waals surface area contributed by atoms with E-state index in [1.807, 2.05) is 0 Å². The topological polar surface area (TPSA) is 57.7 Å². The monoisotopic (exact) mass is 348 g/mol. The van der Waals surface area contributed by atoms with Gasteiger partial charge in [0.1, 0.15) is 0 Å². The number of carbonyl (C=O) groups excluding carboxylic acids is 3. The van der Waals surface area contributed by atoms with Crippen molar-refractivity contribution in [2.24, 2.45) is 0 Å². The Labute approximate surface area is 140 Å². The van der Waals surface area contributed by atoms with Crippen LogP contribution in [0.5, 0.6) is 0 Å². The maximum Gasteiger partial charge on any atom is 0.417 e. The second kappa shape index (κ2) is 5.73. The van der Waals surface area contributed by atoms with E-state index < -0.39 is 35.0 Å². The fourth-order valence-electron chi connectivity index (χ4n) is 2.63. The van der Waals surface area contributed by atoms with Gasteiger partial charge in [-0.1, -0.05) is 24.3 Å². The Morgan fingerprint density at radius 2 is 1.40 bits per heavy atom. The van der Waals surface area contributed by atoms with Gasteiger partial charge in [-0.05, 0) is 24.3 Å². The summed E-state index contributed by atoms with van der Waals surface area (Å²) >= 11 is 0. The van der Waals surface area contributed by atoms with E-state index in [9.17, 15) is 27.6 Å². The molecule has 0 aliphatic carbocycles. The Balaban J connectivity index is 1.98. The zero-order valence-electron chi connectivity index (χ0n) is 12.9. The highest BCUT2D eigenvalue weighted by atomic mass is 19.4. The third kappa shape index (κ3) is 2.65. The molecule has 5 nitrogen and oxygen atoms in total. The van der Waals surface area contributed by atoms with Gasteiger partial charge >= 0.3 is 6.18 Å². The third-order valence-corrected chi connectivity index (χ3v) is 3.83. The van der Waals surface area contributed by atoms with Gasteiger partial charge in [-0.15, -0.1) is 0 Å². The molecule has 0 fully saturated rings. The lowest BCUT2D eigenvalue weighted by Gasteiger charge is -2.26. The lowest BCUT2D eigenvalue weighted by Crippen LogP contribution is -2.47. The molecular weight excluding hydrogens is 337 g/mol. The summed E-state index contributed by atoms with van der Waals surface area (Å²) in [4.78, 5) is 37.2. The summed E-state index contributed by atoms with van der Waals surface area (Å²) in [5.74, 6) is -2.63. The molecule has 2 aromatic carbocycles. The molecule has 0 atom stereocenters. The molecule has 0 saturated heterocycles. The number of hydrogen-bond acceptors (Lipinski definition) is 3. The number of halogens is 3. The molecule has 3 rings (SSSR count). The van der Waals surface area contributed by atoms with E-state index in [0.29, 0.717) is 10.0 Å². The average Bonchev–Trinajstić information content (AvgIpc) is 2.84. The number of hydrogen-bond donors (Lipinski definition) is 0. The smallest absolute Gasteiger partial charge is 0.267 e. The molecule has 0 radical (unpaired) electrons. The lowest BCUT2D eigenvalue weighted by atomic mass is 10.1. The number of alkyl halides is 3. The largest absolute Gasteiger partial charge is 0.417 e. The van der Waals surface area contributed by atoms with Crippen LogP contribution in [0, 0.1) is 0 Å². The van der Waals surface area contributed by atoms with Gasteiger partial charge in [0.05, 0.1) is 22.3 Å². The number of amides is 3. The van der Waals surface area contributed by atoms with Crippen molar-refractivity contribution in [2.75, 3.05) is 7.05 Å². The number of fused-ring (bicyclic) bond motifs is 1. The minimum atomic E-state index is -4.74. The summed E-state index contributed by atoms with van der Waals surface area (Å²) in [7, 11) is 1.08. The summed E-state index contributed by atoms with van der Waals surface area (Å²) in [5, 5.41) is 1.15. The summed E-state index contributed by atoms with van der Waals surface area (Å²) in [6.45, 7) is 0. The number of hydrazine groups is 1. The maximum absolute atomic E-state index is 13.1. The van der Waals surface area contributed by atoms with Gasteiger partial charge in [0.15, 0.2) is 0 Å². The van der Waals surface area contributed by atoms with Gasteiger partial charge in [0.25, 0.3) is 17.7 Å². The molecule has 1 aliphatic heterocycles. The Morgan fingerprint density at radius 1 is 0.920 bits per heavy atom. The summed E-state index contributed by atoms with van der Waals surface area (Å²) < 4.78 is 39.3. The van der Waals surface area contributed by atoms with Gasteiger partial charge < -0.3 is 0 Å². The van der Waals surface area contributed by atoms with Crippen LogP contribution in [-0.2, 0) is 6.18 Å². The second-order valence-electron chi connectivity index (χ2n) is 5.34. The Bertz CT molecular complexity index is 858. The number of rotatable bonds is 2. The van der Waals surface area contributed by atoms with Gasteiger partial charge in [0.2, 0.25) is 0 Å². The Hall–Kier alpha value is -3.16. The molecule has 1 heterocycles. The van der Waals surface area contributed by atoms with E-state index in [0.717, 1.165) is 25.2 Å². The predicted molar refractivity (Wildman–Crippen MR) is 80.5 cm³/mol. The average molecular weight is 348 g/mol. The standard InChI is InChI=1S/C17H11F3N2O3/c1-21(14(23)12-8-4-5-9-13(12)17(18,19)20)22-15(24)10-6-2-3-7-11(10)16(22)25/h2-9H,1H3. The van der Waals surface area contributed by atoms with Crippen molar-refractivity contribution >= 4 is 17.7 Å². The number of benzene rings is 2. The SMILES string of the molecule is CN(C(=O)c1ccccc1C(F)(F)F)N1C(=O)c2ccccc2C1=O. The van der Waals surface area contributed by atoms with Crippen LogP contribution < -0.4 is 0 Å². The predicted octanol–water partition coefficient (Wildman–Crippen LogP) is 2.99. The molecule has 128 valence electrons. The Morgan fingerprint density at radius 3 is 1.92 bits per heavy atom. The van der Waals surface area contributed by atoms with Crippen LogP contribution in [-0.4, -0.2) is 34.8 Å². The highest BCUT2D eigenvalue weighted by Crippen LogP contribution is 2.33. The molecule has 0 saturated carbocycles. The first-order valence-electron chi connectivity index (χ1n) is 7.15. The third-order valence-electron chi connectivity index (χ3n) is 3.83. The molecule has 0 N–H and O–H groups in total. The molecule has 3 amide bonds. The highest BCUT2D eigenvalue weighted by Gasteiger charge is 2.42. The molecule has 25 heavy (non-hydrogen) atoms. The number of nitrogens with zero attached hydrogens (tertiary/aromatic N) is 2. The number of imide groups is 1. The van der Waals surface area contributed by atoms with E-state index in [1.165, 1.54) is 18.2 Å². The van der Waals surface area contributed by atoms with Crippen LogP contribution in [0.1, 0.15) is 36.6 Å². The zero-order chi connectivity index (χ0) is 18.4. The number of carbonyl (C=O) groups is 3. The van der Waals surface area contributed by atoms with Crippen LogP contribution >= 0.6 is 0 Å². The van der Waals surface area contributed by atoms with E-state index in [2.05, 4.69) is 0 Å². The van der Waals surface area contributed by atoms with Gasteiger partial charge in [-0.25, -0.2) is 5.01 Å². The molecule has 8 heteroatoms. The van der Waals surface area contributed by atoms with Gasteiger partial charge in [-0.2, -0.15) is 18.2 Å². The quantitative estimate of drug-likeness (QED) is 0.784. The van der Waals surface area contributed by atoms with Crippen molar-refractivity contribution in [3.63, 3.8) is 0 Å². The molecule has 1 aliphatic rings. The van der Waals surface area contributed by atoms with E-state index >= 15 is 0 Å². The molecule has 0 aromatic heterocycles. The molecule has 0 spiro atoms. The summed E-state index contributed by atoms with van der Waals surface area (Å²) in [5.41, 5.74) is -1.59. The summed E-state index contributed by atoms with van der Waals surface area (Å²) in [6, 6.07) is 10.1. The first-order chi connectivity index (χ1) is 11.7.